The minimum atomic E-state index is -0.341. The zero-order valence-electron chi connectivity index (χ0n) is 8.60. The van der Waals surface area contributed by atoms with Crippen molar-refractivity contribution in [3.63, 3.8) is 0 Å². The molecule has 0 radical (unpaired) electrons. The highest BCUT2D eigenvalue weighted by Gasteiger charge is 2.16. The average molecular weight is 171 g/mol. The SMILES string of the molecule is CCCCCCCC(C)(C)N=O. The van der Waals surface area contributed by atoms with Crippen molar-refractivity contribution in [2.45, 2.75) is 64.8 Å². The van der Waals surface area contributed by atoms with Gasteiger partial charge in [-0.1, -0.05) is 44.2 Å². The highest BCUT2D eigenvalue weighted by atomic mass is 16.3. The fourth-order valence-electron chi connectivity index (χ4n) is 1.21. The molecule has 0 rings (SSSR count). The van der Waals surface area contributed by atoms with Crippen LogP contribution in [0.2, 0.25) is 0 Å². The third-order valence-electron chi connectivity index (χ3n) is 2.14. The lowest BCUT2D eigenvalue weighted by Gasteiger charge is -2.13. The lowest BCUT2D eigenvalue weighted by molar-refractivity contribution is 0.442. The Morgan fingerprint density at radius 2 is 1.67 bits per heavy atom. The van der Waals surface area contributed by atoms with Gasteiger partial charge in [0.05, 0.1) is 5.54 Å². The van der Waals surface area contributed by atoms with Crippen molar-refractivity contribution < 1.29 is 0 Å². The third-order valence-corrected chi connectivity index (χ3v) is 2.14. The molecule has 0 bridgehead atoms. The third kappa shape index (κ3) is 6.32. The van der Waals surface area contributed by atoms with Crippen LogP contribution in [0.4, 0.5) is 0 Å². The number of hydrogen-bond donors (Lipinski definition) is 0. The van der Waals surface area contributed by atoms with Crippen LogP contribution < -0.4 is 0 Å². The van der Waals surface area contributed by atoms with E-state index in [9.17, 15) is 4.91 Å². The van der Waals surface area contributed by atoms with Crippen LogP contribution >= 0.6 is 0 Å². The normalized spacial score (nSPS) is 11.6. The molecule has 0 fully saturated rings. The Morgan fingerprint density at radius 1 is 1.08 bits per heavy atom. The van der Waals surface area contributed by atoms with E-state index in [2.05, 4.69) is 12.1 Å². The van der Waals surface area contributed by atoms with Crippen LogP contribution in [-0.2, 0) is 0 Å². The maximum absolute atomic E-state index is 10.3. The van der Waals surface area contributed by atoms with E-state index < -0.39 is 0 Å². The highest BCUT2D eigenvalue weighted by molar-refractivity contribution is 4.75. The highest BCUT2D eigenvalue weighted by Crippen LogP contribution is 2.18. The van der Waals surface area contributed by atoms with Gasteiger partial charge in [-0.25, -0.2) is 0 Å². The summed E-state index contributed by atoms with van der Waals surface area (Å²) in [5.41, 5.74) is -0.341. The number of nitrogens with zero attached hydrogens (tertiary/aromatic N) is 1. The standard InChI is InChI=1S/C10H21NO/c1-4-5-6-7-8-9-10(2,3)11-12/h4-9H2,1-3H3. The largest absolute Gasteiger partial charge is 0.150 e. The van der Waals surface area contributed by atoms with E-state index in [4.69, 9.17) is 0 Å². The summed E-state index contributed by atoms with van der Waals surface area (Å²) in [4.78, 5) is 10.3. The average Bonchev–Trinajstić information content (AvgIpc) is 2.04. The maximum Gasteiger partial charge on any atom is 0.0970 e. The van der Waals surface area contributed by atoms with Crippen LogP contribution in [0.15, 0.2) is 5.18 Å². The summed E-state index contributed by atoms with van der Waals surface area (Å²) in [6, 6.07) is 0. The van der Waals surface area contributed by atoms with Gasteiger partial charge in [0.15, 0.2) is 0 Å². The van der Waals surface area contributed by atoms with Gasteiger partial charge in [-0.2, -0.15) is 4.91 Å². The van der Waals surface area contributed by atoms with Gasteiger partial charge in [0.1, 0.15) is 0 Å². The molecule has 0 atom stereocenters. The molecule has 0 N–H and O–H groups in total. The molecule has 0 aliphatic carbocycles. The Balaban J connectivity index is 3.25. The number of rotatable bonds is 7. The van der Waals surface area contributed by atoms with Crippen molar-refractivity contribution in [3.05, 3.63) is 4.91 Å². The first kappa shape index (κ1) is 11.6. The lowest BCUT2D eigenvalue weighted by Crippen LogP contribution is -2.14. The van der Waals surface area contributed by atoms with Gasteiger partial charge < -0.3 is 0 Å². The second-order valence-corrected chi connectivity index (χ2v) is 4.07. The molecule has 0 spiro atoms. The molecule has 0 aromatic heterocycles. The zero-order valence-corrected chi connectivity index (χ0v) is 8.60. The van der Waals surface area contributed by atoms with Gasteiger partial charge in [0.25, 0.3) is 0 Å². The van der Waals surface area contributed by atoms with Gasteiger partial charge in [-0.15, -0.1) is 0 Å². The molecule has 12 heavy (non-hydrogen) atoms. The molecule has 0 aliphatic rings. The van der Waals surface area contributed by atoms with Gasteiger partial charge in [-0.3, -0.25) is 0 Å². The smallest absolute Gasteiger partial charge is 0.0970 e. The topological polar surface area (TPSA) is 29.4 Å². The fourth-order valence-corrected chi connectivity index (χ4v) is 1.21. The first-order valence-corrected chi connectivity index (χ1v) is 4.97. The van der Waals surface area contributed by atoms with Crippen molar-refractivity contribution >= 4 is 0 Å². The Kier molecular flexibility index (Phi) is 5.95. The molecule has 0 heterocycles. The quantitative estimate of drug-likeness (QED) is 0.422. The van der Waals surface area contributed by atoms with Crippen LogP contribution in [-0.4, -0.2) is 5.54 Å². The maximum atomic E-state index is 10.3. The van der Waals surface area contributed by atoms with Crippen molar-refractivity contribution in [2.75, 3.05) is 0 Å². The predicted octanol–water partition coefficient (Wildman–Crippen LogP) is 3.89. The van der Waals surface area contributed by atoms with E-state index in [1.807, 2.05) is 13.8 Å². The second-order valence-electron chi connectivity index (χ2n) is 4.07. The lowest BCUT2D eigenvalue weighted by atomic mass is 9.97. The minimum absolute atomic E-state index is 0.341. The van der Waals surface area contributed by atoms with Crippen molar-refractivity contribution in [3.8, 4) is 0 Å². The molecule has 72 valence electrons. The molecule has 0 unspecified atom stereocenters. The Morgan fingerprint density at radius 3 is 2.17 bits per heavy atom. The first-order valence-electron chi connectivity index (χ1n) is 4.97. The van der Waals surface area contributed by atoms with Gasteiger partial charge in [0.2, 0.25) is 0 Å². The van der Waals surface area contributed by atoms with E-state index in [-0.39, 0.29) is 5.54 Å². The molecular weight excluding hydrogens is 150 g/mol. The molecule has 0 amide bonds. The molecule has 0 aliphatic heterocycles. The monoisotopic (exact) mass is 171 g/mol. The molecular formula is C10H21NO. The van der Waals surface area contributed by atoms with Gasteiger partial charge in [-0.05, 0) is 20.3 Å². The van der Waals surface area contributed by atoms with E-state index in [0.29, 0.717) is 0 Å². The van der Waals surface area contributed by atoms with Crippen molar-refractivity contribution in [1.29, 1.82) is 0 Å². The van der Waals surface area contributed by atoms with Crippen LogP contribution in [0, 0.1) is 4.91 Å². The summed E-state index contributed by atoms with van der Waals surface area (Å²) in [5.74, 6) is 0. The van der Waals surface area contributed by atoms with E-state index in [0.717, 1.165) is 12.8 Å². The zero-order chi connectivity index (χ0) is 9.45. The number of unbranched alkanes of at least 4 members (excludes halogenated alkanes) is 4. The second kappa shape index (κ2) is 6.15. The van der Waals surface area contributed by atoms with Crippen LogP contribution in [0.1, 0.15) is 59.3 Å². The summed E-state index contributed by atoms with van der Waals surface area (Å²) in [6.07, 6.45) is 7.20. The van der Waals surface area contributed by atoms with Gasteiger partial charge in [0, 0.05) is 0 Å². The first-order chi connectivity index (χ1) is 5.62. The van der Waals surface area contributed by atoms with Crippen LogP contribution in [0.25, 0.3) is 0 Å². The molecule has 0 aromatic rings. The van der Waals surface area contributed by atoms with E-state index >= 15 is 0 Å². The summed E-state index contributed by atoms with van der Waals surface area (Å²) >= 11 is 0. The van der Waals surface area contributed by atoms with E-state index in [1.54, 1.807) is 0 Å². The van der Waals surface area contributed by atoms with E-state index in [1.165, 1.54) is 25.7 Å². The van der Waals surface area contributed by atoms with Crippen molar-refractivity contribution in [2.24, 2.45) is 5.18 Å². The molecule has 0 saturated carbocycles. The minimum Gasteiger partial charge on any atom is -0.150 e. The predicted molar refractivity (Wildman–Crippen MR) is 53.3 cm³/mol. The summed E-state index contributed by atoms with van der Waals surface area (Å²) in [5, 5.41) is 3.09. The molecule has 2 heteroatoms. The number of nitroso groups, excluding NO2 is 1. The van der Waals surface area contributed by atoms with Crippen LogP contribution in [0.3, 0.4) is 0 Å². The molecule has 0 aromatic carbocycles. The summed E-state index contributed by atoms with van der Waals surface area (Å²) in [6.45, 7) is 6.01. The molecule has 0 saturated heterocycles. The van der Waals surface area contributed by atoms with Crippen LogP contribution in [0.5, 0.6) is 0 Å². The Labute approximate surface area is 75.7 Å². The number of hydrogen-bond acceptors (Lipinski definition) is 2. The molecule has 2 nitrogen and oxygen atoms in total. The van der Waals surface area contributed by atoms with Crippen molar-refractivity contribution in [1.82, 2.24) is 0 Å². The Hall–Kier alpha value is -0.400. The fraction of sp³-hybridized carbons (Fsp3) is 1.00. The van der Waals surface area contributed by atoms with Gasteiger partial charge >= 0.3 is 0 Å². The Bertz CT molecular complexity index is 121. The summed E-state index contributed by atoms with van der Waals surface area (Å²) < 4.78 is 0. The summed E-state index contributed by atoms with van der Waals surface area (Å²) in [7, 11) is 0.